The molecule has 0 bridgehead atoms. The van der Waals surface area contributed by atoms with Crippen LogP contribution in [0.25, 0.3) is 0 Å². The van der Waals surface area contributed by atoms with Crippen molar-refractivity contribution >= 4 is 5.71 Å². The second-order valence-electron chi connectivity index (χ2n) is 8.20. The molecule has 0 radical (unpaired) electrons. The van der Waals surface area contributed by atoms with E-state index in [0.29, 0.717) is 19.8 Å². The zero-order valence-corrected chi connectivity index (χ0v) is 20.9. The summed E-state index contributed by atoms with van der Waals surface area (Å²) in [4.78, 5) is 4.80. The molecule has 0 amide bonds. The maximum absolute atomic E-state index is 6.04. The number of nitrogens with zero attached hydrogens (tertiary/aromatic N) is 1. The third kappa shape index (κ3) is 10.1. The SMILES string of the molecule is C/C=C/COc1cc(C)c(OCCCCOCc2ccc(CC/C(C)=N/OC)cc2)c(C)c1. The predicted octanol–water partition coefficient (Wildman–Crippen LogP) is 6.59. The standard InChI is InChI=1S/C28H39NO4/c1-6-7-17-32-27-19-22(2)28(23(3)20-27)33-18-9-8-16-31-21-26-14-12-25(13-15-26)11-10-24(4)29-30-5/h6-7,12-15,19-20H,8-11,16-18,21H2,1-5H3/b7-6+,29-24+. The van der Waals surface area contributed by atoms with Gasteiger partial charge in [-0.15, -0.1) is 0 Å². The Morgan fingerprint density at radius 2 is 1.61 bits per heavy atom. The summed E-state index contributed by atoms with van der Waals surface area (Å²) < 4.78 is 17.6. The van der Waals surface area contributed by atoms with E-state index in [-0.39, 0.29) is 0 Å². The van der Waals surface area contributed by atoms with Crippen LogP contribution in [-0.2, 0) is 22.6 Å². The minimum Gasteiger partial charge on any atom is -0.493 e. The summed E-state index contributed by atoms with van der Waals surface area (Å²) in [5.74, 6) is 1.84. The van der Waals surface area contributed by atoms with Crippen LogP contribution in [0.4, 0.5) is 0 Å². The third-order valence-electron chi connectivity index (χ3n) is 5.26. The van der Waals surface area contributed by atoms with Crippen LogP contribution in [0.15, 0.2) is 53.7 Å². The van der Waals surface area contributed by atoms with Crippen LogP contribution in [0, 0.1) is 13.8 Å². The van der Waals surface area contributed by atoms with E-state index < -0.39 is 0 Å². The van der Waals surface area contributed by atoms with Crippen LogP contribution < -0.4 is 9.47 Å². The highest BCUT2D eigenvalue weighted by Crippen LogP contribution is 2.28. The fraction of sp³-hybridized carbons (Fsp3) is 0.464. The van der Waals surface area contributed by atoms with Gasteiger partial charge in [-0.1, -0.05) is 41.6 Å². The van der Waals surface area contributed by atoms with E-state index in [9.17, 15) is 0 Å². The van der Waals surface area contributed by atoms with E-state index in [2.05, 4.69) is 43.3 Å². The fourth-order valence-corrected chi connectivity index (χ4v) is 3.46. The van der Waals surface area contributed by atoms with Gasteiger partial charge in [0.25, 0.3) is 0 Å². The zero-order chi connectivity index (χ0) is 23.9. The van der Waals surface area contributed by atoms with Gasteiger partial charge in [-0.05, 0) is 87.8 Å². The van der Waals surface area contributed by atoms with Gasteiger partial charge >= 0.3 is 0 Å². The summed E-state index contributed by atoms with van der Waals surface area (Å²) in [7, 11) is 1.58. The summed E-state index contributed by atoms with van der Waals surface area (Å²) in [5.41, 5.74) is 5.70. The van der Waals surface area contributed by atoms with E-state index in [0.717, 1.165) is 60.6 Å². The molecule has 0 fully saturated rings. The minimum absolute atomic E-state index is 0.587. The van der Waals surface area contributed by atoms with E-state index in [1.54, 1.807) is 7.11 Å². The molecular formula is C28H39NO4. The molecule has 0 aliphatic heterocycles. The Morgan fingerprint density at radius 3 is 2.27 bits per heavy atom. The van der Waals surface area contributed by atoms with Crippen molar-refractivity contribution in [2.75, 3.05) is 26.9 Å². The summed E-state index contributed by atoms with van der Waals surface area (Å²) in [6.45, 7) is 10.7. The van der Waals surface area contributed by atoms with Crippen LogP contribution in [0.2, 0.25) is 0 Å². The maximum atomic E-state index is 6.04. The predicted molar refractivity (Wildman–Crippen MR) is 135 cm³/mol. The van der Waals surface area contributed by atoms with Crippen molar-refractivity contribution in [3.05, 3.63) is 70.8 Å². The average molecular weight is 454 g/mol. The smallest absolute Gasteiger partial charge is 0.125 e. The molecule has 0 aliphatic rings. The van der Waals surface area contributed by atoms with Crippen LogP contribution in [0.5, 0.6) is 11.5 Å². The lowest BCUT2D eigenvalue weighted by Crippen LogP contribution is -2.04. The van der Waals surface area contributed by atoms with Gasteiger partial charge in [0.15, 0.2) is 0 Å². The normalized spacial score (nSPS) is 11.7. The number of hydrogen-bond acceptors (Lipinski definition) is 5. The Bertz CT molecular complexity index is 864. The molecule has 0 heterocycles. The molecule has 0 spiro atoms. The third-order valence-corrected chi connectivity index (χ3v) is 5.26. The molecule has 33 heavy (non-hydrogen) atoms. The molecular weight excluding hydrogens is 414 g/mol. The van der Waals surface area contributed by atoms with E-state index in [1.165, 1.54) is 11.1 Å². The first-order valence-electron chi connectivity index (χ1n) is 11.7. The molecule has 0 aromatic heterocycles. The van der Waals surface area contributed by atoms with E-state index in [4.69, 9.17) is 19.0 Å². The van der Waals surface area contributed by atoms with Crippen LogP contribution in [-0.4, -0.2) is 32.6 Å². The lowest BCUT2D eigenvalue weighted by atomic mass is 10.1. The van der Waals surface area contributed by atoms with Gasteiger partial charge < -0.3 is 19.0 Å². The van der Waals surface area contributed by atoms with E-state index >= 15 is 0 Å². The van der Waals surface area contributed by atoms with Gasteiger partial charge in [0, 0.05) is 6.61 Å². The number of allylic oxidation sites excluding steroid dienone is 1. The monoisotopic (exact) mass is 453 g/mol. The maximum Gasteiger partial charge on any atom is 0.125 e. The average Bonchev–Trinajstić information content (AvgIpc) is 2.79. The molecule has 2 aromatic rings. The number of unbranched alkanes of at least 4 members (excludes halogenated alkanes) is 1. The molecule has 2 rings (SSSR count). The molecule has 0 unspecified atom stereocenters. The highest BCUT2D eigenvalue weighted by atomic mass is 16.6. The second-order valence-corrected chi connectivity index (χ2v) is 8.20. The number of hydrogen-bond donors (Lipinski definition) is 0. The second kappa shape index (κ2) is 15.1. The van der Waals surface area contributed by atoms with Gasteiger partial charge in [-0.2, -0.15) is 0 Å². The minimum atomic E-state index is 0.587. The molecule has 5 heteroatoms. The molecule has 0 saturated carbocycles. The Labute approximate surface area is 199 Å². The van der Waals surface area contributed by atoms with Gasteiger partial charge in [-0.25, -0.2) is 0 Å². The Kier molecular flexibility index (Phi) is 12.1. The number of benzene rings is 2. The molecule has 2 aromatic carbocycles. The molecule has 0 aliphatic carbocycles. The first kappa shape index (κ1) is 26.5. The van der Waals surface area contributed by atoms with Crippen LogP contribution in [0.3, 0.4) is 0 Å². The summed E-state index contributed by atoms with van der Waals surface area (Å²) in [6, 6.07) is 12.7. The lowest BCUT2D eigenvalue weighted by Gasteiger charge is -2.14. The lowest BCUT2D eigenvalue weighted by molar-refractivity contribution is 0.113. The van der Waals surface area contributed by atoms with E-state index in [1.807, 2.05) is 38.1 Å². The number of oxime groups is 1. The molecule has 0 atom stereocenters. The van der Waals surface area contributed by atoms with Crippen molar-refractivity contribution in [3.63, 3.8) is 0 Å². The van der Waals surface area contributed by atoms with Gasteiger partial charge in [0.05, 0.1) is 18.9 Å². The quantitative estimate of drug-likeness (QED) is 0.132. The highest BCUT2D eigenvalue weighted by molar-refractivity contribution is 5.81. The largest absolute Gasteiger partial charge is 0.493 e. The van der Waals surface area contributed by atoms with Crippen molar-refractivity contribution in [1.29, 1.82) is 0 Å². The number of ether oxygens (including phenoxy) is 3. The summed E-state index contributed by atoms with van der Waals surface area (Å²) in [6.07, 6.45) is 7.78. The molecule has 180 valence electrons. The highest BCUT2D eigenvalue weighted by Gasteiger charge is 2.07. The number of aryl methyl sites for hydroxylation is 3. The Hall–Kier alpha value is -2.79. The van der Waals surface area contributed by atoms with Crippen molar-refractivity contribution in [1.82, 2.24) is 0 Å². The number of rotatable bonds is 15. The Morgan fingerprint density at radius 1 is 0.939 bits per heavy atom. The molecule has 5 nitrogen and oxygen atoms in total. The molecule has 0 N–H and O–H groups in total. The first-order valence-corrected chi connectivity index (χ1v) is 11.7. The van der Waals surface area contributed by atoms with Crippen LogP contribution in [0.1, 0.15) is 55.4 Å². The van der Waals surface area contributed by atoms with Crippen molar-refractivity contribution in [3.8, 4) is 11.5 Å². The first-order chi connectivity index (χ1) is 16.0. The summed E-state index contributed by atoms with van der Waals surface area (Å²) >= 11 is 0. The van der Waals surface area contributed by atoms with Crippen molar-refractivity contribution in [2.24, 2.45) is 5.16 Å². The van der Waals surface area contributed by atoms with Crippen LogP contribution >= 0.6 is 0 Å². The summed E-state index contributed by atoms with van der Waals surface area (Å²) in [5, 5.41) is 3.95. The van der Waals surface area contributed by atoms with Crippen molar-refractivity contribution < 1.29 is 19.0 Å². The van der Waals surface area contributed by atoms with Gasteiger partial charge in [-0.3, -0.25) is 0 Å². The zero-order valence-electron chi connectivity index (χ0n) is 20.9. The van der Waals surface area contributed by atoms with Gasteiger partial charge in [0.1, 0.15) is 25.2 Å². The Balaban J connectivity index is 1.63. The fourth-order valence-electron chi connectivity index (χ4n) is 3.46. The topological polar surface area (TPSA) is 49.3 Å². The van der Waals surface area contributed by atoms with Crippen molar-refractivity contribution in [2.45, 2.75) is 60.0 Å². The van der Waals surface area contributed by atoms with Gasteiger partial charge in [0.2, 0.25) is 0 Å². The molecule has 0 saturated heterocycles.